The maximum absolute atomic E-state index is 13.5. The first-order valence-corrected chi connectivity index (χ1v) is 11.6. The highest BCUT2D eigenvalue weighted by Gasteiger charge is 2.57. The average molecular weight is 475 g/mol. The van der Waals surface area contributed by atoms with E-state index in [-0.39, 0.29) is 28.9 Å². The summed E-state index contributed by atoms with van der Waals surface area (Å²) in [7, 11) is 1.30. The third-order valence-corrected chi connectivity index (χ3v) is 7.06. The normalized spacial score (nSPS) is 23.7. The minimum absolute atomic E-state index is 0.0111. The van der Waals surface area contributed by atoms with Crippen molar-refractivity contribution < 1.29 is 38.9 Å². The SMILES string of the molecule is CCCC(=O)c1c(O)c(CC2(C)C(=O)C(C)C(=O)C(C(=O)C(C)CC)C2=O)c(O)c(C)c1OC. The number of carbonyl (C=O) groups excluding carboxylic acids is 5. The topological polar surface area (TPSA) is 135 Å². The summed E-state index contributed by atoms with van der Waals surface area (Å²) in [4.78, 5) is 65.2. The summed E-state index contributed by atoms with van der Waals surface area (Å²) in [5.74, 6) is -7.54. The van der Waals surface area contributed by atoms with E-state index in [2.05, 4.69) is 0 Å². The van der Waals surface area contributed by atoms with Crippen LogP contribution in [0.25, 0.3) is 0 Å². The number of rotatable bonds is 9. The first-order valence-electron chi connectivity index (χ1n) is 11.6. The second-order valence-electron chi connectivity index (χ2n) is 9.39. The molecule has 34 heavy (non-hydrogen) atoms. The summed E-state index contributed by atoms with van der Waals surface area (Å²) >= 11 is 0. The molecule has 186 valence electrons. The van der Waals surface area contributed by atoms with Crippen LogP contribution in [0.3, 0.4) is 0 Å². The van der Waals surface area contributed by atoms with Gasteiger partial charge in [-0.15, -0.1) is 0 Å². The Bertz CT molecular complexity index is 1050. The van der Waals surface area contributed by atoms with Gasteiger partial charge in [0.05, 0.1) is 18.4 Å². The number of methoxy groups -OCH3 is 1. The highest BCUT2D eigenvalue weighted by Crippen LogP contribution is 2.47. The monoisotopic (exact) mass is 474 g/mol. The fourth-order valence-electron chi connectivity index (χ4n) is 4.63. The van der Waals surface area contributed by atoms with Gasteiger partial charge in [-0.2, -0.15) is 0 Å². The van der Waals surface area contributed by atoms with Crippen molar-refractivity contribution in [3.63, 3.8) is 0 Å². The number of ketones is 5. The van der Waals surface area contributed by atoms with Crippen LogP contribution < -0.4 is 4.74 Å². The van der Waals surface area contributed by atoms with Crippen LogP contribution in [0.5, 0.6) is 17.2 Å². The highest BCUT2D eigenvalue weighted by atomic mass is 16.5. The Hall–Kier alpha value is -3.03. The molecule has 8 nitrogen and oxygen atoms in total. The second-order valence-corrected chi connectivity index (χ2v) is 9.39. The number of hydrogen-bond donors (Lipinski definition) is 2. The fourth-order valence-corrected chi connectivity index (χ4v) is 4.63. The third kappa shape index (κ3) is 4.26. The molecule has 0 spiro atoms. The van der Waals surface area contributed by atoms with Crippen molar-refractivity contribution in [3.8, 4) is 17.2 Å². The molecule has 1 saturated carbocycles. The number of aromatic hydroxyl groups is 2. The molecule has 1 aliphatic rings. The molecule has 4 atom stereocenters. The molecule has 0 radical (unpaired) electrons. The summed E-state index contributed by atoms with van der Waals surface area (Å²) in [6.45, 7) is 9.36. The van der Waals surface area contributed by atoms with Crippen LogP contribution >= 0.6 is 0 Å². The predicted octanol–water partition coefficient (Wildman–Crippen LogP) is 3.53. The van der Waals surface area contributed by atoms with Crippen molar-refractivity contribution in [2.45, 2.75) is 67.2 Å². The standard InChI is InChI=1S/C26H34O8/c1-8-10-16(27)17-22(31)15(20(29)13(4)23(17)34-7)11-26(6)24(32)14(5)21(30)18(25(26)33)19(28)12(3)9-2/h12,14,18,29,31H,8-11H2,1-7H3. The number of carbonyl (C=O) groups is 5. The lowest BCUT2D eigenvalue weighted by atomic mass is 9.60. The molecule has 2 N–H and O–H groups in total. The number of benzene rings is 1. The number of phenolic OH excluding ortho intramolecular Hbond substituents is 2. The second kappa shape index (κ2) is 10.1. The number of hydrogen-bond acceptors (Lipinski definition) is 8. The lowest BCUT2D eigenvalue weighted by Gasteiger charge is -2.38. The maximum atomic E-state index is 13.5. The molecule has 0 heterocycles. The van der Waals surface area contributed by atoms with Crippen LogP contribution in [0.2, 0.25) is 0 Å². The zero-order valence-corrected chi connectivity index (χ0v) is 20.9. The van der Waals surface area contributed by atoms with Crippen molar-refractivity contribution in [2.75, 3.05) is 7.11 Å². The molecule has 0 amide bonds. The lowest BCUT2D eigenvalue weighted by molar-refractivity contribution is -0.158. The van der Waals surface area contributed by atoms with E-state index in [1.807, 2.05) is 0 Å². The van der Waals surface area contributed by atoms with Crippen LogP contribution in [0.4, 0.5) is 0 Å². The molecular weight excluding hydrogens is 440 g/mol. The zero-order chi connectivity index (χ0) is 26.1. The molecule has 1 aliphatic carbocycles. The van der Waals surface area contributed by atoms with Gasteiger partial charge in [-0.25, -0.2) is 0 Å². The molecule has 1 aromatic carbocycles. The van der Waals surface area contributed by atoms with Crippen LogP contribution in [-0.2, 0) is 25.6 Å². The van der Waals surface area contributed by atoms with Crippen molar-refractivity contribution >= 4 is 28.9 Å². The molecule has 2 rings (SSSR count). The fraction of sp³-hybridized carbons (Fsp3) is 0.577. The van der Waals surface area contributed by atoms with E-state index in [0.717, 1.165) is 0 Å². The smallest absolute Gasteiger partial charge is 0.170 e. The van der Waals surface area contributed by atoms with Gasteiger partial charge in [-0.1, -0.05) is 20.8 Å². The van der Waals surface area contributed by atoms with Crippen LogP contribution in [0.15, 0.2) is 0 Å². The van der Waals surface area contributed by atoms with Crippen LogP contribution in [0.1, 0.15) is 75.4 Å². The van der Waals surface area contributed by atoms with Gasteiger partial charge < -0.3 is 14.9 Å². The Morgan fingerprint density at radius 1 is 1.09 bits per heavy atom. The Morgan fingerprint density at radius 2 is 1.68 bits per heavy atom. The van der Waals surface area contributed by atoms with Gasteiger partial charge in [0.15, 0.2) is 28.9 Å². The van der Waals surface area contributed by atoms with Gasteiger partial charge in [0.25, 0.3) is 0 Å². The van der Waals surface area contributed by atoms with Crippen LogP contribution in [0, 0.1) is 30.1 Å². The first kappa shape index (κ1) is 27.2. The van der Waals surface area contributed by atoms with Gasteiger partial charge in [-0.05, 0) is 40.0 Å². The summed E-state index contributed by atoms with van der Waals surface area (Å²) in [6, 6.07) is 0. The summed E-state index contributed by atoms with van der Waals surface area (Å²) in [5.41, 5.74) is -1.99. The molecule has 4 unspecified atom stereocenters. The molecule has 0 aromatic heterocycles. The van der Waals surface area contributed by atoms with E-state index in [4.69, 9.17) is 4.74 Å². The third-order valence-electron chi connectivity index (χ3n) is 7.06. The molecular formula is C26H34O8. The Morgan fingerprint density at radius 3 is 2.18 bits per heavy atom. The quantitative estimate of drug-likeness (QED) is 0.410. The van der Waals surface area contributed by atoms with Crippen molar-refractivity contribution in [1.82, 2.24) is 0 Å². The van der Waals surface area contributed by atoms with Gasteiger partial charge in [0.2, 0.25) is 0 Å². The molecule has 1 fully saturated rings. The molecule has 0 aliphatic heterocycles. The Balaban J connectivity index is 2.71. The first-order chi connectivity index (χ1) is 15.8. The van der Waals surface area contributed by atoms with Gasteiger partial charge in [-0.3, -0.25) is 24.0 Å². The van der Waals surface area contributed by atoms with Crippen molar-refractivity contribution in [2.24, 2.45) is 23.2 Å². The van der Waals surface area contributed by atoms with Crippen LogP contribution in [-0.4, -0.2) is 46.2 Å². The summed E-state index contributed by atoms with van der Waals surface area (Å²) in [5, 5.41) is 21.9. The average Bonchev–Trinajstić information content (AvgIpc) is 2.81. The van der Waals surface area contributed by atoms with Crippen molar-refractivity contribution in [1.29, 1.82) is 0 Å². The van der Waals surface area contributed by atoms with E-state index < -0.39 is 70.0 Å². The molecule has 1 aromatic rings. The highest BCUT2D eigenvalue weighted by molar-refractivity contribution is 6.34. The van der Waals surface area contributed by atoms with E-state index in [0.29, 0.717) is 12.8 Å². The van der Waals surface area contributed by atoms with E-state index >= 15 is 0 Å². The van der Waals surface area contributed by atoms with Gasteiger partial charge >= 0.3 is 0 Å². The van der Waals surface area contributed by atoms with E-state index in [1.54, 1.807) is 20.8 Å². The minimum atomic E-state index is -1.86. The molecule has 0 saturated heterocycles. The predicted molar refractivity (Wildman–Crippen MR) is 124 cm³/mol. The Kier molecular flexibility index (Phi) is 8.06. The zero-order valence-electron chi connectivity index (χ0n) is 20.9. The largest absolute Gasteiger partial charge is 0.507 e. The lowest BCUT2D eigenvalue weighted by Crippen LogP contribution is -2.57. The number of phenols is 2. The van der Waals surface area contributed by atoms with Gasteiger partial charge in [0, 0.05) is 23.5 Å². The van der Waals surface area contributed by atoms with E-state index in [9.17, 15) is 34.2 Å². The number of ether oxygens (including phenoxy) is 1. The molecule has 8 heteroatoms. The van der Waals surface area contributed by atoms with E-state index in [1.165, 1.54) is 27.9 Å². The van der Waals surface area contributed by atoms with Gasteiger partial charge in [0.1, 0.15) is 28.7 Å². The maximum Gasteiger partial charge on any atom is 0.170 e. The van der Waals surface area contributed by atoms with Crippen molar-refractivity contribution in [3.05, 3.63) is 16.7 Å². The molecule has 0 bridgehead atoms. The summed E-state index contributed by atoms with van der Waals surface area (Å²) < 4.78 is 5.27. The minimum Gasteiger partial charge on any atom is -0.507 e. The Labute approximate surface area is 199 Å². The summed E-state index contributed by atoms with van der Waals surface area (Å²) in [6.07, 6.45) is 0.572. The number of Topliss-reactive ketones (excluding diaryl/α,β-unsaturated/α-hetero) is 5.